The van der Waals surface area contributed by atoms with Crippen LogP contribution in [0.3, 0.4) is 0 Å². The molecule has 2 atom stereocenters. The number of aliphatic imine (C=N–C) groups is 1. The Kier molecular flexibility index (Phi) is 13.4. The van der Waals surface area contributed by atoms with E-state index in [1.807, 2.05) is 58.0 Å². The number of nitrogens with zero attached hydrogens (tertiary/aromatic N) is 2. The maximum absolute atomic E-state index is 13.5. The lowest BCUT2D eigenvalue weighted by Gasteiger charge is -2.28. The molecule has 1 aromatic rings. The number of amides is 3. The summed E-state index contributed by atoms with van der Waals surface area (Å²) in [6.07, 6.45) is 1.11. The van der Waals surface area contributed by atoms with Gasteiger partial charge < -0.3 is 27.3 Å². The maximum Gasteiger partial charge on any atom is 0.416 e. The Morgan fingerprint density at radius 1 is 1.00 bits per heavy atom. The van der Waals surface area contributed by atoms with Crippen molar-refractivity contribution in [2.24, 2.45) is 34.0 Å². The van der Waals surface area contributed by atoms with Crippen molar-refractivity contribution in [2.75, 3.05) is 13.1 Å². The second-order valence-electron chi connectivity index (χ2n) is 9.47. The number of nitrogens with two attached hydrogens (primary N) is 3. The Hall–Kier alpha value is -3.14. The van der Waals surface area contributed by atoms with Gasteiger partial charge in [0.15, 0.2) is 5.96 Å². The summed E-state index contributed by atoms with van der Waals surface area (Å²) in [7, 11) is 0. The SMILES string of the molecule is CC(C)C[C@H](NC(=O)[C@@H](N)CC(C)C)C(=O)N(CCCCN=C(N)N)C(=O)OCc1ccccc1. The number of rotatable bonds is 14. The van der Waals surface area contributed by atoms with Crippen LogP contribution in [-0.2, 0) is 20.9 Å². The lowest BCUT2D eigenvalue weighted by Crippen LogP contribution is -2.54. The molecule has 0 saturated carbocycles. The summed E-state index contributed by atoms with van der Waals surface area (Å²) in [5, 5.41) is 2.76. The molecule has 0 aliphatic rings. The highest BCUT2D eigenvalue weighted by molar-refractivity contribution is 5.97. The van der Waals surface area contributed by atoms with E-state index in [4.69, 9.17) is 21.9 Å². The molecule has 0 aliphatic carbocycles. The van der Waals surface area contributed by atoms with E-state index in [0.717, 1.165) is 10.5 Å². The van der Waals surface area contributed by atoms with Gasteiger partial charge in [0.05, 0.1) is 6.04 Å². The molecular weight excluding hydrogens is 448 g/mol. The van der Waals surface area contributed by atoms with Crippen LogP contribution < -0.4 is 22.5 Å². The van der Waals surface area contributed by atoms with Crippen molar-refractivity contribution in [1.29, 1.82) is 0 Å². The van der Waals surface area contributed by atoms with Gasteiger partial charge in [-0.3, -0.25) is 14.6 Å². The van der Waals surface area contributed by atoms with Gasteiger partial charge in [-0.15, -0.1) is 0 Å². The van der Waals surface area contributed by atoms with Crippen molar-refractivity contribution < 1.29 is 19.1 Å². The topological polar surface area (TPSA) is 166 Å². The second kappa shape index (κ2) is 15.7. The molecule has 0 saturated heterocycles. The fraction of sp³-hybridized carbons (Fsp3) is 0.600. The van der Waals surface area contributed by atoms with E-state index in [9.17, 15) is 14.4 Å². The number of nitrogens with one attached hydrogen (secondary N) is 1. The van der Waals surface area contributed by atoms with E-state index >= 15 is 0 Å². The molecule has 10 heteroatoms. The van der Waals surface area contributed by atoms with E-state index < -0.39 is 30.0 Å². The Bertz CT molecular complexity index is 825. The molecule has 10 nitrogen and oxygen atoms in total. The van der Waals surface area contributed by atoms with Gasteiger partial charge in [0.25, 0.3) is 5.91 Å². The molecule has 0 bridgehead atoms. The van der Waals surface area contributed by atoms with Crippen LogP contribution >= 0.6 is 0 Å². The van der Waals surface area contributed by atoms with E-state index in [-0.39, 0.29) is 30.9 Å². The molecule has 0 heterocycles. The Labute approximate surface area is 208 Å². The fourth-order valence-electron chi connectivity index (χ4n) is 3.45. The van der Waals surface area contributed by atoms with E-state index in [0.29, 0.717) is 32.2 Å². The zero-order valence-corrected chi connectivity index (χ0v) is 21.4. The normalized spacial score (nSPS) is 12.7. The van der Waals surface area contributed by atoms with E-state index in [1.165, 1.54) is 0 Å². The molecule has 0 aromatic heterocycles. The third-order valence-electron chi connectivity index (χ3n) is 5.16. The first kappa shape index (κ1) is 29.9. The van der Waals surface area contributed by atoms with Gasteiger partial charge in [-0.1, -0.05) is 58.0 Å². The predicted octanol–water partition coefficient (Wildman–Crippen LogP) is 2.11. The smallest absolute Gasteiger partial charge is 0.416 e. The average molecular weight is 491 g/mol. The number of unbranched alkanes of at least 4 members (excludes halogenated alkanes) is 1. The van der Waals surface area contributed by atoms with Crippen molar-refractivity contribution in [3.05, 3.63) is 35.9 Å². The number of hydrogen-bond donors (Lipinski definition) is 4. The molecular formula is C25H42N6O4. The van der Waals surface area contributed by atoms with Gasteiger partial charge in [-0.25, -0.2) is 9.69 Å². The Morgan fingerprint density at radius 3 is 2.20 bits per heavy atom. The number of imide groups is 1. The summed E-state index contributed by atoms with van der Waals surface area (Å²) < 4.78 is 5.43. The first-order chi connectivity index (χ1) is 16.5. The molecule has 0 aliphatic heterocycles. The minimum absolute atomic E-state index is 0.0161. The highest BCUT2D eigenvalue weighted by Crippen LogP contribution is 2.13. The zero-order chi connectivity index (χ0) is 26.4. The van der Waals surface area contributed by atoms with Gasteiger partial charge in [-0.05, 0) is 43.1 Å². The lowest BCUT2D eigenvalue weighted by atomic mass is 10.00. The summed E-state index contributed by atoms with van der Waals surface area (Å²) in [4.78, 5) is 44.1. The predicted molar refractivity (Wildman–Crippen MR) is 137 cm³/mol. The summed E-state index contributed by atoms with van der Waals surface area (Å²) in [5.74, 6) is -0.635. The third-order valence-corrected chi connectivity index (χ3v) is 5.16. The molecule has 0 radical (unpaired) electrons. The van der Waals surface area contributed by atoms with Gasteiger partial charge >= 0.3 is 6.09 Å². The summed E-state index contributed by atoms with van der Waals surface area (Å²) in [6.45, 7) is 8.32. The first-order valence-electron chi connectivity index (χ1n) is 12.1. The number of benzene rings is 1. The van der Waals surface area contributed by atoms with Crippen molar-refractivity contribution in [2.45, 2.75) is 72.1 Å². The van der Waals surface area contributed by atoms with Crippen molar-refractivity contribution >= 4 is 23.9 Å². The van der Waals surface area contributed by atoms with Crippen molar-refractivity contribution in [1.82, 2.24) is 10.2 Å². The van der Waals surface area contributed by atoms with Crippen LogP contribution in [0.25, 0.3) is 0 Å². The van der Waals surface area contributed by atoms with Crippen LogP contribution in [0.4, 0.5) is 4.79 Å². The number of guanidine groups is 1. The zero-order valence-electron chi connectivity index (χ0n) is 21.4. The maximum atomic E-state index is 13.5. The molecule has 3 amide bonds. The van der Waals surface area contributed by atoms with Crippen LogP contribution in [-0.4, -0.2) is 53.9 Å². The number of hydrogen-bond acceptors (Lipinski definition) is 6. The van der Waals surface area contributed by atoms with Crippen LogP contribution in [0.1, 0.15) is 58.9 Å². The molecule has 0 fully saturated rings. The fourth-order valence-corrected chi connectivity index (χ4v) is 3.45. The van der Waals surface area contributed by atoms with E-state index in [2.05, 4.69) is 10.3 Å². The quantitative estimate of drug-likeness (QED) is 0.176. The largest absolute Gasteiger partial charge is 0.444 e. The summed E-state index contributed by atoms with van der Waals surface area (Å²) >= 11 is 0. The number of carbonyl (C=O) groups is 3. The van der Waals surface area contributed by atoms with Gasteiger partial charge in [0.2, 0.25) is 5.91 Å². The molecule has 0 unspecified atom stereocenters. The number of carbonyl (C=O) groups excluding carboxylic acids is 3. The standard InChI is InChI=1S/C25H42N6O4/c1-17(2)14-20(26)22(32)30-21(15-18(3)4)23(33)31(13-9-8-12-29-24(27)28)25(34)35-16-19-10-6-5-7-11-19/h5-7,10-11,17-18,20-21H,8-9,12-16,26H2,1-4H3,(H,30,32)(H4,27,28,29)/t20-,21-/m0/s1. The molecule has 1 rings (SSSR count). The van der Waals surface area contributed by atoms with Gasteiger partial charge in [0, 0.05) is 13.1 Å². The molecule has 0 spiro atoms. The second-order valence-corrected chi connectivity index (χ2v) is 9.47. The molecule has 7 N–H and O–H groups in total. The van der Waals surface area contributed by atoms with Gasteiger partial charge in [-0.2, -0.15) is 0 Å². The molecule has 35 heavy (non-hydrogen) atoms. The van der Waals surface area contributed by atoms with Crippen LogP contribution in [0.5, 0.6) is 0 Å². The minimum Gasteiger partial charge on any atom is -0.444 e. The Morgan fingerprint density at radius 2 is 1.63 bits per heavy atom. The monoisotopic (exact) mass is 490 g/mol. The number of ether oxygens (including phenoxy) is 1. The molecule has 1 aromatic carbocycles. The lowest BCUT2D eigenvalue weighted by molar-refractivity contribution is -0.136. The van der Waals surface area contributed by atoms with Crippen LogP contribution in [0, 0.1) is 11.8 Å². The summed E-state index contributed by atoms with van der Waals surface area (Å²) in [5.41, 5.74) is 17.5. The molecule has 196 valence electrons. The summed E-state index contributed by atoms with van der Waals surface area (Å²) in [6, 6.07) is 7.55. The van der Waals surface area contributed by atoms with E-state index in [1.54, 1.807) is 0 Å². The highest BCUT2D eigenvalue weighted by Gasteiger charge is 2.32. The first-order valence-corrected chi connectivity index (χ1v) is 12.1. The van der Waals surface area contributed by atoms with Crippen molar-refractivity contribution in [3.63, 3.8) is 0 Å². The van der Waals surface area contributed by atoms with Crippen molar-refractivity contribution in [3.8, 4) is 0 Å². The van der Waals surface area contributed by atoms with Crippen LogP contribution in [0.15, 0.2) is 35.3 Å². The minimum atomic E-state index is -0.900. The Balaban J connectivity index is 2.99. The van der Waals surface area contributed by atoms with Gasteiger partial charge in [0.1, 0.15) is 12.6 Å². The third kappa shape index (κ3) is 12.2. The highest BCUT2D eigenvalue weighted by atomic mass is 16.6. The van der Waals surface area contributed by atoms with Crippen LogP contribution in [0.2, 0.25) is 0 Å². The average Bonchev–Trinajstić information content (AvgIpc) is 2.78.